The van der Waals surface area contributed by atoms with Gasteiger partial charge in [-0.25, -0.2) is 9.18 Å². The number of rotatable bonds is 2. The van der Waals surface area contributed by atoms with Crippen LogP contribution in [0.3, 0.4) is 0 Å². The molecule has 5 nitrogen and oxygen atoms in total. The van der Waals surface area contributed by atoms with Crippen LogP contribution in [0.5, 0.6) is 0 Å². The summed E-state index contributed by atoms with van der Waals surface area (Å²) in [5.74, 6) is -0.498. The van der Waals surface area contributed by atoms with Crippen LogP contribution >= 0.6 is 11.6 Å². The molecule has 0 bridgehead atoms. The van der Waals surface area contributed by atoms with E-state index in [0.717, 1.165) is 0 Å². The molecule has 2 atom stereocenters. The van der Waals surface area contributed by atoms with Crippen LogP contribution in [0.4, 0.5) is 9.18 Å². The quantitative estimate of drug-likeness (QED) is 0.834. The van der Waals surface area contributed by atoms with Crippen molar-refractivity contribution in [1.82, 2.24) is 14.7 Å². The third-order valence-corrected chi connectivity index (χ3v) is 4.72. The van der Waals surface area contributed by atoms with E-state index in [1.165, 1.54) is 12.1 Å². The summed E-state index contributed by atoms with van der Waals surface area (Å²) in [5, 5.41) is 0.305. The number of amides is 3. The second kappa shape index (κ2) is 5.43. The highest BCUT2D eigenvalue weighted by Crippen LogP contribution is 2.28. The minimum Gasteiger partial charge on any atom is -0.342 e. The Bertz CT molecular complexity index is 619. The molecular formula is C15H17ClFN3O2. The summed E-state index contributed by atoms with van der Waals surface area (Å²) in [4.78, 5) is 29.3. The molecule has 2 saturated heterocycles. The van der Waals surface area contributed by atoms with Crippen molar-refractivity contribution in [2.45, 2.75) is 25.6 Å². The molecule has 7 heteroatoms. The summed E-state index contributed by atoms with van der Waals surface area (Å²) in [6.07, 6.45) is 0. The van der Waals surface area contributed by atoms with Crippen molar-refractivity contribution in [3.05, 3.63) is 34.6 Å². The SMILES string of the molecule is C[C@H]1C(=O)N(C)C[C@H]2CN(Cc3c(F)cccc3Cl)C(=O)N21. The molecule has 0 aliphatic carbocycles. The Labute approximate surface area is 133 Å². The average Bonchev–Trinajstić information content (AvgIpc) is 2.77. The molecular weight excluding hydrogens is 309 g/mol. The number of carbonyl (C=O) groups excluding carboxylic acids is 2. The number of likely N-dealkylation sites (N-methyl/N-ethyl adjacent to an activating group) is 1. The molecule has 2 aliphatic heterocycles. The molecule has 0 N–H and O–H groups in total. The lowest BCUT2D eigenvalue weighted by Crippen LogP contribution is -2.58. The van der Waals surface area contributed by atoms with Crippen LogP contribution in [0.25, 0.3) is 0 Å². The third-order valence-electron chi connectivity index (χ3n) is 4.36. The fourth-order valence-corrected chi connectivity index (χ4v) is 3.44. The van der Waals surface area contributed by atoms with Crippen molar-refractivity contribution >= 4 is 23.5 Å². The standard InChI is InChI=1S/C15H17ClFN3O2/c1-9-14(21)18(2)6-10-7-19(15(22)20(9)10)8-11-12(16)4-3-5-13(11)17/h3-5,9-10H,6-8H2,1-2H3/t9-,10-/m0/s1. The van der Waals surface area contributed by atoms with Crippen LogP contribution in [0.1, 0.15) is 12.5 Å². The summed E-state index contributed by atoms with van der Waals surface area (Å²) in [6.45, 7) is 2.80. The Balaban J connectivity index is 1.83. The Morgan fingerprint density at radius 2 is 2.05 bits per heavy atom. The highest BCUT2D eigenvalue weighted by Gasteiger charge is 2.46. The molecule has 0 radical (unpaired) electrons. The number of benzene rings is 1. The van der Waals surface area contributed by atoms with Gasteiger partial charge in [0.25, 0.3) is 0 Å². The Kier molecular flexibility index (Phi) is 3.72. The van der Waals surface area contributed by atoms with Gasteiger partial charge in [-0.3, -0.25) is 4.79 Å². The largest absolute Gasteiger partial charge is 0.342 e. The van der Waals surface area contributed by atoms with E-state index in [4.69, 9.17) is 11.6 Å². The predicted octanol–water partition coefficient (Wildman–Crippen LogP) is 1.95. The van der Waals surface area contributed by atoms with E-state index in [2.05, 4.69) is 0 Å². The van der Waals surface area contributed by atoms with Gasteiger partial charge in [0, 0.05) is 30.7 Å². The Hall–Kier alpha value is -1.82. The molecule has 22 heavy (non-hydrogen) atoms. The fraction of sp³-hybridized carbons (Fsp3) is 0.467. The van der Waals surface area contributed by atoms with Gasteiger partial charge in [-0.1, -0.05) is 17.7 Å². The van der Waals surface area contributed by atoms with E-state index in [0.29, 0.717) is 23.7 Å². The van der Waals surface area contributed by atoms with E-state index < -0.39 is 11.9 Å². The van der Waals surface area contributed by atoms with Gasteiger partial charge >= 0.3 is 6.03 Å². The minimum atomic E-state index is -0.489. The Morgan fingerprint density at radius 3 is 2.73 bits per heavy atom. The first kappa shape index (κ1) is 15.1. The molecule has 3 rings (SSSR count). The lowest BCUT2D eigenvalue weighted by Gasteiger charge is -2.38. The number of fused-ring (bicyclic) bond motifs is 1. The fourth-order valence-electron chi connectivity index (χ4n) is 3.22. The normalized spacial score (nSPS) is 25.0. The molecule has 1 aromatic rings. The molecule has 0 saturated carbocycles. The summed E-state index contributed by atoms with van der Waals surface area (Å²) in [7, 11) is 1.73. The van der Waals surface area contributed by atoms with Crippen LogP contribution < -0.4 is 0 Å². The summed E-state index contributed by atoms with van der Waals surface area (Å²) >= 11 is 6.03. The molecule has 2 heterocycles. The molecule has 2 aliphatic rings. The van der Waals surface area contributed by atoms with E-state index >= 15 is 0 Å². The second-order valence-electron chi connectivity index (χ2n) is 5.82. The molecule has 0 unspecified atom stereocenters. The topological polar surface area (TPSA) is 43.9 Å². The average molecular weight is 326 g/mol. The van der Waals surface area contributed by atoms with Gasteiger partial charge in [0.15, 0.2) is 0 Å². The summed E-state index contributed by atoms with van der Waals surface area (Å²) in [5.41, 5.74) is 0.310. The minimum absolute atomic E-state index is 0.0595. The lowest BCUT2D eigenvalue weighted by molar-refractivity contribution is -0.139. The van der Waals surface area contributed by atoms with Crippen molar-refractivity contribution in [1.29, 1.82) is 0 Å². The molecule has 3 amide bonds. The first-order valence-corrected chi connectivity index (χ1v) is 7.53. The summed E-state index contributed by atoms with van der Waals surface area (Å²) in [6, 6.07) is 3.68. The van der Waals surface area contributed by atoms with E-state index in [9.17, 15) is 14.0 Å². The second-order valence-corrected chi connectivity index (χ2v) is 6.23. The predicted molar refractivity (Wildman–Crippen MR) is 79.9 cm³/mol. The van der Waals surface area contributed by atoms with Gasteiger partial charge in [0.1, 0.15) is 11.9 Å². The van der Waals surface area contributed by atoms with Gasteiger partial charge in [0.05, 0.1) is 12.6 Å². The number of nitrogens with zero attached hydrogens (tertiary/aromatic N) is 3. The molecule has 0 spiro atoms. The van der Waals surface area contributed by atoms with Crippen LogP contribution in [-0.4, -0.2) is 58.9 Å². The number of carbonyl (C=O) groups is 2. The van der Waals surface area contributed by atoms with Crippen molar-refractivity contribution in [3.8, 4) is 0 Å². The van der Waals surface area contributed by atoms with Gasteiger partial charge in [-0.15, -0.1) is 0 Å². The molecule has 118 valence electrons. The highest BCUT2D eigenvalue weighted by atomic mass is 35.5. The van der Waals surface area contributed by atoms with E-state index in [1.807, 2.05) is 0 Å². The lowest BCUT2D eigenvalue weighted by atomic mass is 10.1. The van der Waals surface area contributed by atoms with Crippen molar-refractivity contribution in [3.63, 3.8) is 0 Å². The number of hydrogen-bond acceptors (Lipinski definition) is 2. The molecule has 1 aromatic carbocycles. The maximum Gasteiger partial charge on any atom is 0.321 e. The molecule has 2 fully saturated rings. The van der Waals surface area contributed by atoms with Crippen molar-refractivity contribution in [2.75, 3.05) is 20.1 Å². The van der Waals surface area contributed by atoms with Crippen molar-refractivity contribution in [2.24, 2.45) is 0 Å². The highest BCUT2D eigenvalue weighted by molar-refractivity contribution is 6.31. The first-order chi connectivity index (χ1) is 10.4. The van der Waals surface area contributed by atoms with Gasteiger partial charge in [0.2, 0.25) is 5.91 Å². The van der Waals surface area contributed by atoms with Crippen molar-refractivity contribution < 1.29 is 14.0 Å². The van der Waals surface area contributed by atoms with Gasteiger partial charge in [-0.2, -0.15) is 0 Å². The number of halogens is 2. The van der Waals surface area contributed by atoms with Gasteiger partial charge < -0.3 is 14.7 Å². The first-order valence-electron chi connectivity index (χ1n) is 7.15. The number of hydrogen-bond donors (Lipinski definition) is 0. The zero-order chi connectivity index (χ0) is 16.0. The monoisotopic (exact) mass is 325 g/mol. The smallest absolute Gasteiger partial charge is 0.321 e. The van der Waals surface area contributed by atoms with Crippen LogP contribution in [0.2, 0.25) is 5.02 Å². The van der Waals surface area contributed by atoms with Crippen LogP contribution in [-0.2, 0) is 11.3 Å². The van der Waals surface area contributed by atoms with Crippen LogP contribution in [0.15, 0.2) is 18.2 Å². The maximum absolute atomic E-state index is 13.9. The third kappa shape index (κ3) is 2.31. The number of piperazine rings is 1. The Morgan fingerprint density at radius 1 is 1.32 bits per heavy atom. The summed E-state index contributed by atoms with van der Waals surface area (Å²) < 4.78 is 13.9. The van der Waals surface area contributed by atoms with E-state index in [-0.39, 0.29) is 24.5 Å². The number of urea groups is 1. The molecule has 0 aromatic heterocycles. The maximum atomic E-state index is 13.9. The zero-order valence-electron chi connectivity index (χ0n) is 12.4. The van der Waals surface area contributed by atoms with Crippen LogP contribution in [0, 0.1) is 5.82 Å². The zero-order valence-corrected chi connectivity index (χ0v) is 13.2. The van der Waals surface area contributed by atoms with Gasteiger partial charge in [-0.05, 0) is 19.1 Å². The van der Waals surface area contributed by atoms with E-state index in [1.54, 1.807) is 34.7 Å².